The number of aromatic nitrogens is 1. The van der Waals surface area contributed by atoms with E-state index in [0.717, 1.165) is 16.8 Å². The minimum atomic E-state index is -0.426. The van der Waals surface area contributed by atoms with Gasteiger partial charge in [0.25, 0.3) is 5.69 Å². The first-order chi connectivity index (χ1) is 7.18. The van der Waals surface area contributed by atoms with Gasteiger partial charge in [0.2, 0.25) is 0 Å². The topological polar surface area (TPSA) is 69.2 Å². The predicted molar refractivity (Wildman–Crippen MR) is 53.3 cm³/mol. The summed E-state index contributed by atoms with van der Waals surface area (Å²) in [5, 5.41) is 14.2. The van der Waals surface area contributed by atoms with E-state index < -0.39 is 4.92 Å². The van der Waals surface area contributed by atoms with Crippen LogP contribution < -0.4 is 0 Å². The molecule has 0 N–H and O–H groups in total. The number of non-ortho nitro benzene ring substituents is 1. The van der Waals surface area contributed by atoms with Crippen LogP contribution in [-0.4, -0.2) is 10.1 Å². The molecule has 0 saturated carbocycles. The van der Waals surface area contributed by atoms with E-state index in [-0.39, 0.29) is 5.69 Å². The Balaban J connectivity index is 2.40. The second-order valence-electron chi connectivity index (χ2n) is 3.12. The van der Waals surface area contributed by atoms with Crippen LogP contribution in [0.15, 0.2) is 35.1 Å². The molecule has 1 aromatic heterocycles. The van der Waals surface area contributed by atoms with Crippen LogP contribution in [0, 0.1) is 17.0 Å². The molecule has 5 heteroatoms. The van der Waals surface area contributed by atoms with E-state index in [4.69, 9.17) is 4.52 Å². The van der Waals surface area contributed by atoms with Crippen LogP contribution in [0.5, 0.6) is 0 Å². The molecule has 0 bridgehead atoms. The lowest BCUT2D eigenvalue weighted by atomic mass is 10.1. The van der Waals surface area contributed by atoms with E-state index >= 15 is 0 Å². The van der Waals surface area contributed by atoms with E-state index in [1.54, 1.807) is 12.1 Å². The molecule has 1 aromatic carbocycles. The Morgan fingerprint density at radius 1 is 1.33 bits per heavy atom. The number of nitrogens with zero attached hydrogens (tertiary/aromatic N) is 2. The van der Waals surface area contributed by atoms with Crippen LogP contribution in [0.3, 0.4) is 0 Å². The SMILES string of the molecule is Cc1nocc1-c1ccc([N+](=O)[O-])cc1. The Hall–Kier alpha value is -2.17. The summed E-state index contributed by atoms with van der Waals surface area (Å²) in [4.78, 5) is 10.0. The summed E-state index contributed by atoms with van der Waals surface area (Å²) >= 11 is 0. The predicted octanol–water partition coefficient (Wildman–Crippen LogP) is 2.56. The molecule has 0 fully saturated rings. The summed E-state index contributed by atoms with van der Waals surface area (Å²) in [6.07, 6.45) is 1.52. The Kier molecular flexibility index (Phi) is 2.21. The quantitative estimate of drug-likeness (QED) is 0.556. The molecular weight excluding hydrogens is 196 g/mol. The summed E-state index contributed by atoms with van der Waals surface area (Å²) < 4.78 is 4.79. The van der Waals surface area contributed by atoms with Crippen molar-refractivity contribution in [2.24, 2.45) is 0 Å². The number of benzene rings is 1. The molecule has 1 heterocycles. The maximum absolute atomic E-state index is 10.4. The normalized spacial score (nSPS) is 10.2. The first-order valence-electron chi connectivity index (χ1n) is 4.34. The number of hydrogen-bond donors (Lipinski definition) is 0. The lowest BCUT2D eigenvalue weighted by Crippen LogP contribution is -1.87. The van der Waals surface area contributed by atoms with Crippen molar-refractivity contribution in [1.29, 1.82) is 0 Å². The molecule has 5 nitrogen and oxygen atoms in total. The van der Waals surface area contributed by atoms with Crippen LogP contribution in [0.1, 0.15) is 5.69 Å². The summed E-state index contributed by atoms with van der Waals surface area (Å²) in [5.41, 5.74) is 2.56. The molecule has 2 rings (SSSR count). The van der Waals surface area contributed by atoms with Gasteiger partial charge < -0.3 is 4.52 Å². The largest absolute Gasteiger partial charge is 0.364 e. The average molecular weight is 204 g/mol. The van der Waals surface area contributed by atoms with Crippen molar-refractivity contribution in [2.75, 3.05) is 0 Å². The summed E-state index contributed by atoms with van der Waals surface area (Å²) in [5.74, 6) is 0. The fourth-order valence-corrected chi connectivity index (χ4v) is 1.33. The van der Waals surface area contributed by atoms with Crippen molar-refractivity contribution in [3.8, 4) is 11.1 Å². The van der Waals surface area contributed by atoms with Gasteiger partial charge in [0, 0.05) is 17.7 Å². The minimum Gasteiger partial charge on any atom is -0.364 e. The molecule has 0 aliphatic rings. The highest BCUT2D eigenvalue weighted by atomic mass is 16.6. The number of aryl methyl sites for hydroxylation is 1. The molecule has 0 aliphatic carbocycles. The van der Waals surface area contributed by atoms with Gasteiger partial charge in [-0.1, -0.05) is 5.16 Å². The van der Waals surface area contributed by atoms with E-state index in [2.05, 4.69) is 5.16 Å². The van der Waals surface area contributed by atoms with Crippen LogP contribution in [0.4, 0.5) is 5.69 Å². The van der Waals surface area contributed by atoms with Crippen LogP contribution in [-0.2, 0) is 0 Å². The third-order valence-corrected chi connectivity index (χ3v) is 2.14. The Bertz CT molecular complexity index is 488. The van der Waals surface area contributed by atoms with Crippen LogP contribution in [0.25, 0.3) is 11.1 Å². The third-order valence-electron chi connectivity index (χ3n) is 2.14. The van der Waals surface area contributed by atoms with E-state index in [1.165, 1.54) is 18.4 Å². The first kappa shape index (κ1) is 9.39. The van der Waals surface area contributed by atoms with Gasteiger partial charge in [-0.15, -0.1) is 0 Å². The summed E-state index contributed by atoms with van der Waals surface area (Å²) in [6.45, 7) is 1.82. The van der Waals surface area contributed by atoms with Crippen molar-refractivity contribution in [1.82, 2.24) is 5.16 Å². The second-order valence-corrected chi connectivity index (χ2v) is 3.12. The molecule has 0 amide bonds. The monoisotopic (exact) mass is 204 g/mol. The van der Waals surface area contributed by atoms with Gasteiger partial charge >= 0.3 is 0 Å². The maximum Gasteiger partial charge on any atom is 0.269 e. The molecule has 0 saturated heterocycles. The van der Waals surface area contributed by atoms with Gasteiger partial charge in [-0.2, -0.15) is 0 Å². The summed E-state index contributed by atoms with van der Waals surface area (Å²) in [6, 6.07) is 6.28. The van der Waals surface area contributed by atoms with E-state index in [1.807, 2.05) is 6.92 Å². The van der Waals surface area contributed by atoms with E-state index in [0.29, 0.717) is 0 Å². The molecule has 0 unspecified atom stereocenters. The van der Waals surface area contributed by atoms with Crippen molar-refractivity contribution in [3.63, 3.8) is 0 Å². The number of nitro groups is 1. The molecule has 76 valence electrons. The van der Waals surface area contributed by atoms with E-state index in [9.17, 15) is 10.1 Å². The molecule has 15 heavy (non-hydrogen) atoms. The summed E-state index contributed by atoms with van der Waals surface area (Å²) in [7, 11) is 0. The van der Waals surface area contributed by atoms with Crippen molar-refractivity contribution < 1.29 is 9.45 Å². The number of nitro benzene ring substituents is 1. The number of hydrogen-bond acceptors (Lipinski definition) is 4. The van der Waals surface area contributed by atoms with Gasteiger partial charge in [-0.25, -0.2) is 0 Å². The minimum absolute atomic E-state index is 0.0767. The first-order valence-corrected chi connectivity index (χ1v) is 4.34. The van der Waals surface area contributed by atoms with Crippen LogP contribution >= 0.6 is 0 Å². The molecule has 0 atom stereocenters. The van der Waals surface area contributed by atoms with Crippen molar-refractivity contribution >= 4 is 5.69 Å². The smallest absolute Gasteiger partial charge is 0.269 e. The van der Waals surface area contributed by atoms with Crippen LogP contribution in [0.2, 0.25) is 0 Å². The maximum atomic E-state index is 10.4. The highest BCUT2D eigenvalue weighted by Crippen LogP contribution is 2.24. The zero-order chi connectivity index (χ0) is 10.8. The van der Waals surface area contributed by atoms with Gasteiger partial charge in [0.15, 0.2) is 0 Å². The fourth-order valence-electron chi connectivity index (χ4n) is 1.33. The average Bonchev–Trinajstić information content (AvgIpc) is 2.65. The zero-order valence-corrected chi connectivity index (χ0v) is 8.01. The second kappa shape index (κ2) is 3.53. The number of rotatable bonds is 2. The van der Waals surface area contributed by atoms with Crippen molar-refractivity contribution in [3.05, 3.63) is 46.3 Å². The van der Waals surface area contributed by atoms with Gasteiger partial charge in [-0.05, 0) is 24.6 Å². The van der Waals surface area contributed by atoms with Gasteiger partial charge in [-0.3, -0.25) is 10.1 Å². The molecule has 0 spiro atoms. The molecule has 0 radical (unpaired) electrons. The molecule has 0 aliphatic heterocycles. The fraction of sp³-hybridized carbons (Fsp3) is 0.100. The standard InChI is InChI=1S/C10H8N2O3/c1-7-10(6-15-11-7)8-2-4-9(5-3-8)12(13)14/h2-6H,1H3. The Morgan fingerprint density at radius 2 is 2.00 bits per heavy atom. The Morgan fingerprint density at radius 3 is 2.47 bits per heavy atom. The molecular formula is C10H8N2O3. The lowest BCUT2D eigenvalue weighted by molar-refractivity contribution is -0.384. The highest BCUT2D eigenvalue weighted by molar-refractivity contribution is 5.65. The van der Waals surface area contributed by atoms with Crippen molar-refractivity contribution in [2.45, 2.75) is 6.92 Å². The Labute approximate surface area is 85.5 Å². The lowest BCUT2D eigenvalue weighted by Gasteiger charge is -1.96. The third kappa shape index (κ3) is 1.71. The zero-order valence-electron chi connectivity index (χ0n) is 8.01. The van der Waals surface area contributed by atoms with Gasteiger partial charge in [0.05, 0.1) is 10.6 Å². The van der Waals surface area contributed by atoms with Gasteiger partial charge in [0.1, 0.15) is 6.26 Å². The molecule has 2 aromatic rings. The highest BCUT2D eigenvalue weighted by Gasteiger charge is 2.08.